The average Bonchev–Trinajstić information content (AvgIpc) is 2.44. The van der Waals surface area contributed by atoms with Crippen LogP contribution in [0, 0.1) is 13.8 Å². The highest BCUT2D eigenvalue weighted by Crippen LogP contribution is 2.13. The second-order valence-electron chi connectivity index (χ2n) is 4.82. The van der Waals surface area contributed by atoms with E-state index in [1.165, 1.54) is 12.1 Å². The smallest absolute Gasteiger partial charge is 0.238 e. The van der Waals surface area contributed by atoms with Crippen molar-refractivity contribution in [2.45, 2.75) is 25.7 Å². The van der Waals surface area contributed by atoms with E-state index in [0.717, 1.165) is 11.4 Å². The number of sulfonamides is 1. The van der Waals surface area contributed by atoms with Crippen molar-refractivity contribution in [1.29, 1.82) is 0 Å². The summed E-state index contributed by atoms with van der Waals surface area (Å²) in [6.07, 6.45) is 1.68. The zero-order valence-corrected chi connectivity index (χ0v) is 13.3. The van der Waals surface area contributed by atoms with Gasteiger partial charge in [-0.3, -0.25) is 15.4 Å². The monoisotopic (exact) mass is 319 g/mol. The maximum Gasteiger partial charge on any atom is 0.238 e. The maximum atomic E-state index is 11.2. The summed E-state index contributed by atoms with van der Waals surface area (Å²) in [5, 5.41) is 9.27. The molecular weight excluding hydrogens is 302 g/mol. The first-order valence-corrected chi connectivity index (χ1v) is 8.06. The minimum Gasteiger partial charge on any atom is -0.278 e. The van der Waals surface area contributed by atoms with Gasteiger partial charge in [-0.1, -0.05) is 0 Å². The number of hydrogen-bond donors (Lipinski definition) is 2. The molecule has 2 rings (SSSR count). The number of primary sulfonamides is 1. The summed E-state index contributed by atoms with van der Waals surface area (Å²) < 4.78 is 22.3. The zero-order chi connectivity index (χ0) is 16.3. The summed E-state index contributed by atoms with van der Waals surface area (Å²) in [6.45, 7) is 5.56. The van der Waals surface area contributed by atoms with E-state index in [1.54, 1.807) is 18.3 Å². The van der Waals surface area contributed by atoms with Gasteiger partial charge < -0.3 is 0 Å². The number of nitrogens with two attached hydrogens (primary N) is 1. The number of hydrogen-bond acceptors (Lipinski definition) is 6. The molecule has 0 amide bonds. The van der Waals surface area contributed by atoms with Crippen molar-refractivity contribution in [3.05, 3.63) is 47.5 Å². The van der Waals surface area contributed by atoms with E-state index in [0.29, 0.717) is 17.1 Å². The first-order chi connectivity index (χ1) is 10.3. The molecule has 1 aromatic carbocycles. The topological polar surface area (TPSA) is 110 Å². The molecule has 0 aliphatic carbocycles. The lowest BCUT2D eigenvalue weighted by molar-refractivity contribution is 0.598. The molecule has 0 saturated carbocycles. The largest absolute Gasteiger partial charge is 0.278 e. The SMILES string of the molecule is C/C(=N\Nc1ccc(S(N)(=O)=O)cc1)c1ncc(C)nc1C. The van der Waals surface area contributed by atoms with Crippen molar-refractivity contribution in [1.82, 2.24) is 9.97 Å². The standard InChI is InChI=1S/C14H17N5O2S/c1-9-8-16-14(10(2)17-9)11(3)18-19-12-4-6-13(7-5-12)22(15,20)21/h4-8,19H,1-3H3,(H2,15,20,21)/b18-11+. The number of rotatable bonds is 4. The van der Waals surface area contributed by atoms with E-state index >= 15 is 0 Å². The molecule has 0 aliphatic heterocycles. The summed E-state index contributed by atoms with van der Waals surface area (Å²) in [7, 11) is -3.69. The van der Waals surface area contributed by atoms with Gasteiger partial charge in [0.25, 0.3) is 0 Å². The van der Waals surface area contributed by atoms with E-state index < -0.39 is 10.0 Å². The van der Waals surface area contributed by atoms with E-state index in [4.69, 9.17) is 5.14 Å². The average molecular weight is 319 g/mol. The third-order valence-corrected chi connectivity index (χ3v) is 3.87. The molecule has 3 N–H and O–H groups in total. The van der Waals surface area contributed by atoms with Gasteiger partial charge >= 0.3 is 0 Å². The van der Waals surface area contributed by atoms with Gasteiger partial charge in [-0.05, 0) is 45.0 Å². The van der Waals surface area contributed by atoms with Crippen molar-refractivity contribution in [3.8, 4) is 0 Å². The Labute approximate surface area is 129 Å². The van der Waals surface area contributed by atoms with Crippen molar-refractivity contribution >= 4 is 21.4 Å². The van der Waals surface area contributed by atoms with Crippen molar-refractivity contribution in [2.24, 2.45) is 10.2 Å². The molecule has 0 unspecified atom stereocenters. The molecule has 8 heteroatoms. The zero-order valence-electron chi connectivity index (χ0n) is 12.5. The predicted octanol–water partition coefficient (Wildman–Crippen LogP) is 1.58. The first-order valence-electron chi connectivity index (χ1n) is 6.51. The van der Waals surface area contributed by atoms with Gasteiger partial charge in [-0.25, -0.2) is 13.6 Å². The summed E-state index contributed by atoms with van der Waals surface area (Å²) >= 11 is 0. The van der Waals surface area contributed by atoms with Crippen LogP contribution in [0.5, 0.6) is 0 Å². The normalized spacial score (nSPS) is 12.3. The minimum atomic E-state index is -3.69. The number of anilines is 1. The van der Waals surface area contributed by atoms with Crippen LogP contribution in [0.3, 0.4) is 0 Å². The lowest BCUT2D eigenvalue weighted by atomic mass is 10.2. The van der Waals surface area contributed by atoms with E-state index in [9.17, 15) is 8.42 Å². The number of nitrogens with one attached hydrogen (secondary N) is 1. The van der Waals surface area contributed by atoms with Crippen LogP contribution >= 0.6 is 0 Å². The Morgan fingerprint density at radius 3 is 2.41 bits per heavy atom. The lowest BCUT2D eigenvalue weighted by Gasteiger charge is -2.06. The first kappa shape index (κ1) is 16.1. The van der Waals surface area contributed by atoms with Crippen LogP contribution in [-0.4, -0.2) is 24.1 Å². The molecule has 7 nitrogen and oxygen atoms in total. The second kappa shape index (κ2) is 6.20. The highest BCUT2D eigenvalue weighted by atomic mass is 32.2. The summed E-state index contributed by atoms with van der Waals surface area (Å²) in [6, 6.07) is 6.01. The van der Waals surface area contributed by atoms with Gasteiger partial charge in [0.15, 0.2) is 0 Å². The third kappa shape index (κ3) is 3.86. The number of hydrazone groups is 1. The Kier molecular flexibility index (Phi) is 4.53. The molecule has 22 heavy (non-hydrogen) atoms. The lowest BCUT2D eigenvalue weighted by Crippen LogP contribution is -2.12. The van der Waals surface area contributed by atoms with Crippen LogP contribution in [0.1, 0.15) is 24.0 Å². The maximum absolute atomic E-state index is 11.2. The van der Waals surface area contributed by atoms with Crippen molar-refractivity contribution in [3.63, 3.8) is 0 Å². The van der Waals surface area contributed by atoms with E-state index in [1.807, 2.05) is 20.8 Å². The fraction of sp³-hybridized carbons (Fsp3) is 0.214. The summed E-state index contributed by atoms with van der Waals surface area (Å²) in [5.41, 5.74) is 6.53. The fourth-order valence-electron chi connectivity index (χ4n) is 1.87. The number of aromatic nitrogens is 2. The molecule has 2 aromatic rings. The molecule has 1 aromatic heterocycles. The van der Waals surface area contributed by atoms with Gasteiger partial charge in [0.2, 0.25) is 10.0 Å². The number of nitrogens with zero attached hydrogens (tertiary/aromatic N) is 3. The molecule has 1 heterocycles. The molecule has 0 spiro atoms. The van der Waals surface area contributed by atoms with E-state index in [2.05, 4.69) is 20.5 Å². The molecule has 0 bridgehead atoms. The molecule has 0 radical (unpaired) electrons. The highest BCUT2D eigenvalue weighted by Gasteiger charge is 2.07. The molecule has 0 atom stereocenters. The van der Waals surface area contributed by atoms with Crippen LogP contribution < -0.4 is 10.6 Å². The van der Waals surface area contributed by atoms with Crippen molar-refractivity contribution in [2.75, 3.05) is 5.43 Å². The van der Waals surface area contributed by atoms with Crippen LogP contribution in [0.15, 0.2) is 40.5 Å². The Balaban J connectivity index is 2.17. The van der Waals surface area contributed by atoms with Crippen LogP contribution in [-0.2, 0) is 10.0 Å². The Morgan fingerprint density at radius 2 is 1.86 bits per heavy atom. The summed E-state index contributed by atoms with van der Waals surface area (Å²) in [5.74, 6) is 0. The van der Waals surface area contributed by atoms with Crippen LogP contribution in [0.4, 0.5) is 5.69 Å². The number of benzene rings is 1. The van der Waals surface area contributed by atoms with Gasteiger partial charge in [-0.2, -0.15) is 5.10 Å². The van der Waals surface area contributed by atoms with Gasteiger partial charge in [0, 0.05) is 6.20 Å². The third-order valence-electron chi connectivity index (χ3n) is 2.95. The van der Waals surface area contributed by atoms with Crippen LogP contribution in [0.2, 0.25) is 0 Å². The van der Waals surface area contributed by atoms with Gasteiger partial charge in [-0.15, -0.1) is 0 Å². The Hall–Kier alpha value is -2.32. The van der Waals surface area contributed by atoms with Gasteiger partial charge in [0.05, 0.1) is 27.7 Å². The predicted molar refractivity (Wildman–Crippen MR) is 85.2 cm³/mol. The Bertz CT molecular complexity index is 814. The highest BCUT2D eigenvalue weighted by molar-refractivity contribution is 7.89. The molecule has 0 fully saturated rings. The minimum absolute atomic E-state index is 0.0546. The summed E-state index contributed by atoms with van der Waals surface area (Å²) in [4.78, 5) is 8.70. The molecule has 116 valence electrons. The molecule has 0 saturated heterocycles. The quantitative estimate of drug-likeness (QED) is 0.656. The Morgan fingerprint density at radius 1 is 1.23 bits per heavy atom. The van der Waals surface area contributed by atoms with E-state index in [-0.39, 0.29) is 4.90 Å². The second-order valence-corrected chi connectivity index (χ2v) is 6.39. The van der Waals surface area contributed by atoms with Crippen molar-refractivity contribution < 1.29 is 8.42 Å². The number of aryl methyl sites for hydroxylation is 2. The fourth-order valence-corrected chi connectivity index (χ4v) is 2.39. The molecule has 0 aliphatic rings. The van der Waals surface area contributed by atoms with Gasteiger partial charge in [0.1, 0.15) is 5.69 Å². The molecular formula is C14H17N5O2S. The van der Waals surface area contributed by atoms with Crippen LogP contribution in [0.25, 0.3) is 0 Å².